The first-order chi connectivity index (χ1) is 9.29. The monoisotopic (exact) mass is 264 g/mol. The number of hydrogen-bond acceptors (Lipinski definition) is 4. The van der Waals surface area contributed by atoms with Gasteiger partial charge in [0.05, 0.1) is 19.3 Å². The lowest BCUT2D eigenvalue weighted by molar-refractivity contribution is -0.0609. The van der Waals surface area contributed by atoms with E-state index in [1.54, 1.807) is 7.11 Å². The number of aryl methyl sites for hydroxylation is 2. The number of pyridine rings is 1. The Balaban J connectivity index is 1.72. The van der Waals surface area contributed by atoms with Gasteiger partial charge in [-0.05, 0) is 43.5 Å². The summed E-state index contributed by atoms with van der Waals surface area (Å²) < 4.78 is 10.8. The van der Waals surface area contributed by atoms with E-state index in [0.29, 0.717) is 6.61 Å². The number of hydrogen-bond donors (Lipinski definition) is 0. The van der Waals surface area contributed by atoms with E-state index in [2.05, 4.69) is 22.9 Å². The highest BCUT2D eigenvalue weighted by molar-refractivity contribution is 5.21. The molecule has 0 N–H and O–H groups in total. The molecular formula is C15H24N2O2. The second-order valence-electron chi connectivity index (χ2n) is 5.15. The van der Waals surface area contributed by atoms with Crippen LogP contribution in [0.15, 0.2) is 18.5 Å². The van der Waals surface area contributed by atoms with Crippen molar-refractivity contribution < 1.29 is 9.47 Å². The number of nitrogens with zero attached hydrogens (tertiary/aromatic N) is 2. The fourth-order valence-electron chi connectivity index (χ4n) is 2.52. The largest absolute Gasteiger partial charge is 0.382 e. The third-order valence-corrected chi connectivity index (χ3v) is 3.64. The number of morpholine rings is 1. The first kappa shape index (κ1) is 14.4. The first-order valence-corrected chi connectivity index (χ1v) is 7.02. The predicted molar refractivity (Wildman–Crippen MR) is 75.4 cm³/mol. The average molecular weight is 264 g/mol. The molecule has 0 aliphatic carbocycles. The van der Waals surface area contributed by atoms with Crippen molar-refractivity contribution in [2.45, 2.75) is 25.9 Å². The van der Waals surface area contributed by atoms with E-state index in [1.807, 2.05) is 12.4 Å². The fourth-order valence-corrected chi connectivity index (χ4v) is 2.52. The SMILES string of the molecule is COCC1CN(CCCc2cnccc2C)CCO1. The van der Waals surface area contributed by atoms with Gasteiger partial charge in [0.15, 0.2) is 0 Å². The smallest absolute Gasteiger partial charge is 0.0935 e. The molecule has 4 heteroatoms. The molecule has 2 heterocycles. The van der Waals surface area contributed by atoms with Crippen LogP contribution >= 0.6 is 0 Å². The van der Waals surface area contributed by atoms with Gasteiger partial charge >= 0.3 is 0 Å². The summed E-state index contributed by atoms with van der Waals surface area (Å²) in [6.07, 6.45) is 6.36. The van der Waals surface area contributed by atoms with Crippen LogP contribution in [0.3, 0.4) is 0 Å². The van der Waals surface area contributed by atoms with Gasteiger partial charge in [0.25, 0.3) is 0 Å². The van der Waals surface area contributed by atoms with Crippen molar-refractivity contribution in [2.75, 3.05) is 40.0 Å². The standard InChI is InChI=1S/C15H24N2O2/c1-13-5-6-16-10-14(13)4-3-7-17-8-9-19-15(11-17)12-18-2/h5-6,10,15H,3-4,7-9,11-12H2,1-2H3. The molecule has 0 amide bonds. The molecule has 1 aliphatic rings. The van der Waals surface area contributed by atoms with Gasteiger partial charge in [-0.2, -0.15) is 0 Å². The molecule has 0 saturated carbocycles. The summed E-state index contributed by atoms with van der Waals surface area (Å²) in [5, 5.41) is 0. The summed E-state index contributed by atoms with van der Waals surface area (Å²) in [6.45, 7) is 6.81. The first-order valence-electron chi connectivity index (χ1n) is 7.02. The number of aromatic nitrogens is 1. The van der Waals surface area contributed by atoms with Gasteiger partial charge in [-0.3, -0.25) is 9.88 Å². The molecule has 106 valence electrons. The van der Waals surface area contributed by atoms with Gasteiger partial charge in [0.1, 0.15) is 0 Å². The average Bonchev–Trinajstić information content (AvgIpc) is 2.42. The molecule has 0 aromatic carbocycles. The summed E-state index contributed by atoms with van der Waals surface area (Å²) in [7, 11) is 1.73. The van der Waals surface area contributed by atoms with Crippen LogP contribution in [-0.4, -0.2) is 55.9 Å². The van der Waals surface area contributed by atoms with Crippen molar-refractivity contribution in [1.29, 1.82) is 0 Å². The minimum Gasteiger partial charge on any atom is -0.382 e. The van der Waals surface area contributed by atoms with E-state index in [1.165, 1.54) is 17.5 Å². The van der Waals surface area contributed by atoms with Crippen molar-refractivity contribution in [3.63, 3.8) is 0 Å². The molecule has 1 aromatic heterocycles. The van der Waals surface area contributed by atoms with Crippen LogP contribution in [-0.2, 0) is 15.9 Å². The van der Waals surface area contributed by atoms with Crippen molar-refractivity contribution in [3.8, 4) is 0 Å². The molecule has 4 nitrogen and oxygen atoms in total. The normalized spacial score (nSPS) is 20.6. The maximum Gasteiger partial charge on any atom is 0.0935 e. The third kappa shape index (κ3) is 4.56. The lowest BCUT2D eigenvalue weighted by atomic mass is 10.1. The van der Waals surface area contributed by atoms with Crippen molar-refractivity contribution in [3.05, 3.63) is 29.6 Å². The summed E-state index contributed by atoms with van der Waals surface area (Å²) in [5.74, 6) is 0. The summed E-state index contributed by atoms with van der Waals surface area (Å²) in [4.78, 5) is 6.67. The van der Waals surface area contributed by atoms with Crippen LogP contribution in [0.25, 0.3) is 0 Å². The van der Waals surface area contributed by atoms with E-state index in [-0.39, 0.29) is 6.10 Å². The van der Waals surface area contributed by atoms with Gasteiger partial charge in [0, 0.05) is 32.6 Å². The summed E-state index contributed by atoms with van der Waals surface area (Å²) in [6, 6.07) is 2.08. The zero-order valence-electron chi connectivity index (χ0n) is 12.0. The van der Waals surface area contributed by atoms with E-state index < -0.39 is 0 Å². The molecule has 1 saturated heterocycles. The topological polar surface area (TPSA) is 34.6 Å². The summed E-state index contributed by atoms with van der Waals surface area (Å²) in [5.41, 5.74) is 2.71. The predicted octanol–water partition coefficient (Wildman–Crippen LogP) is 1.67. The van der Waals surface area contributed by atoms with Gasteiger partial charge in [-0.25, -0.2) is 0 Å². The Kier molecular flexibility index (Phi) is 5.76. The van der Waals surface area contributed by atoms with Crippen LogP contribution in [0.1, 0.15) is 17.5 Å². The Morgan fingerprint density at radius 3 is 3.21 bits per heavy atom. The molecule has 1 aromatic rings. The quantitative estimate of drug-likeness (QED) is 0.783. The van der Waals surface area contributed by atoms with E-state index in [0.717, 1.165) is 32.7 Å². The van der Waals surface area contributed by atoms with E-state index >= 15 is 0 Å². The Labute approximate surface area is 115 Å². The van der Waals surface area contributed by atoms with Crippen molar-refractivity contribution in [1.82, 2.24) is 9.88 Å². The molecule has 1 aliphatic heterocycles. The maximum absolute atomic E-state index is 5.66. The Bertz CT molecular complexity index is 382. The van der Waals surface area contributed by atoms with Crippen LogP contribution in [0.4, 0.5) is 0 Å². The van der Waals surface area contributed by atoms with Gasteiger partial charge < -0.3 is 9.47 Å². The zero-order chi connectivity index (χ0) is 13.5. The van der Waals surface area contributed by atoms with Crippen LogP contribution in [0.5, 0.6) is 0 Å². The Morgan fingerprint density at radius 1 is 1.53 bits per heavy atom. The van der Waals surface area contributed by atoms with E-state index in [4.69, 9.17) is 9.47 Å². The van der Waals surface area contributed by atoms with Gasteiger partial charge in [-0.15, -0.1) is 0 Å². The molecule has 0 radical (unpaired) electrons. The zero-order valence-corrected chi connectivity index (χ0v) is 12.0. The molecule has 2 rings (SSSR count). The molecule has 1 atom stereocenters. The lowest BCUT2D eigenvalue weighted by Crippen LogP contribution is -2.44. The van der Waals surface area contributed by atoms with E-state index in [9.17, 15) is 0 Å². The molecule has 0 spiro atoms. The van der Waals surface area contributed by atoms with Crippen LogP contribution in [0, 0.1) is 6.92 Å². The maximum atomic E-state index is 5.66. The highest BCUT2D eigenvalue weighted by atomic mass is 16.5. The van der Waals surface area contributed by atoms with Crippen molar-refractivity contribution >= 4 is 0 Å². The number of ether oxygens (including phenoxy) is 2. The van der Waals surface area contributed by atoms with Crippen LogP contribution < -0.4 is 0 Å². The molecule has 0 bridgehead atoms. The highest BCUT2D eigenvalue weighted by Crippen LogP contribution is 2.10. The molecular weight excluding hydrogens is 240 g/mol. The second-order valence-corrected chi connectivity index (χ2v) is 5.15. The minimum absolute atomic E-state index is 0.235. The summed E-state index contributed by atoms with van der Waals surface area (Å²) >= 11 is 0. The van der Waals surface area contributed by atoms with Crippen molar-refractivity contribution in [2.24, 2.45) is 0 Å². The minimum atomic E-state index is 0.235. The Hall–Kier alpha value is -0.970. The highest BCUT2D eigenvalue weighted by Gasteiger charge is 2.19. The van der Waals surface area contributed by atoms with Gasteiger partial charge in [-0.1, -0.05) is 0 Å². The fraction of sp³-hybridized carbons (Fsp3) is 0.667. The molecule has 1 unspecified atom stereocenters. The lowest BCUT2D eigenvalue weighted by Gasteiger charge is -2.32. The number of rotatable bonds is 6. The number of methoxy groups -OCH3 is 1. The molecule has 19 heavy (non-hydrogen) atoms. The second kappa shape index (κ2) is 7.58. The molecule has 1 fully saturated rings. The third-order valence-electron chi connectivity index (χ3n) is 3.64. The Morgan fingerprint density at radius 2 is 2.42 bits per heavy atom. The van der Waals surface area contributed by atoms with Crippen LogP contribution in [0.2, 0.25) is 0 Å². The van der Waals surface area contributed by atoms with Gasteiger partial charge in [0.2, 0.25) is 0 Å².